The summed E-state index contributed by atoms with van der Waals surface area (Å²) >= 11 is 0. The van der Waals surface area contributed by atoms with Gasteiger partial charge in [-0.25, -0.2) is 0 Å². The molecule has 0 saturated carbocycles. The van der Waals surface area contributed by atoms with Crippen molar-refractivity contribution in [2.75, 3.05) is 32.8 Å². The fourth-order valence-corrected chi connectivity index (χ4v) is 4.70. The van der Waals surface area contributed by atoms with E-state index in [-0.39, 0.29) is 24.4 Å². The van der Waals surface area contributed by atoms with Crippen LogP contribution in [0.2, 0.25) is 0 Å². The maximum absolute atomic E-state index is 13.4. The second-order valence-electron chi connectivity index (χ2n) is 9.90. The number of para-hydroxylation sites is 1. The molecule has 38 heavy (non-hydrogen) atoms. The molecule has 1 saturated heterocycles. The number of hydrogen-bond acceptors (Lipinski definition) is 5. The molecule has 3 amide bonds. The summed E-state index contributed by atoms with van der Waals surface area (Å²) in [5.41, 5.74) is 3.02. The lowest BCUT2D eigenvalue weighted by molar-refractivity contribution is -0.132. The molecule has 202 valence electrons. The van der Waals surface area contributed by atoms with E-state index in [9.17, 15) is 14.4 Å². The Kier molecular flexibility index (Phi) is 9.51. The Morgan fingerprint density at radius 3 is 2.37 bits per heavy atom. The van der Waals surface area contributed by atoms with Gasteiger partial charge in [-0.3, -0.25) is 19.3 Å². The number of nitrogens with zero attached hydrogens (tertiary/aromatic N) is 1. The van der Waals surface area contributed by atoms with Crippen LogP contribution in [0, 0.1) is 0 Å². The maximum atomic E-state index is 13.4. The van der Waals surface area contributed by atoms with E-state index in [0.29, 0.717) is 39.1 Å². The lowest BCUT2D eigenvalue weighted by Gasteiger charge is -2.27. The molecule has 9 heteroatoms. The first kappa shape index (κ1) is 27.3. The van der Waals surface area contributed by atoms with E-state index in [0.717, 1.165) is 22.0 Å². The van der Waals surface area contributed by atoms with Crippen LogP contribution in [-0.4, -0.2) is 78.6 Å². The summed E-state index contributed by atoms with van der Waals surface area (Å²) in [4.78, 5) is 44.2. The molecule has 4 N–H and O–H groups in total. The smallest absolute Gasteiger partial charge is 0.243 e. The Balaban J connectivity index is 1.41. The first-order chi connectivity index (χ1) is 18.4. The van der Waals surface area contributed by atoms with Crippen molar-refractivity contribution >= 4 is 28.6 Å². The van der Waals surface area contributed by atoms with Crippen LogP contribution in [0.3, 0.4) is 0 Å². The van der Waals surface area contributed by atoms with Crippen molar-refractivity contribution in [3.8, 4) is 0 Å². The highest BCUT2D eigenvalue weighted by Crippen LogP contribution is 2.19. The van der Waals surface area contributed by atoms with E-state index in [4.69, 9.17) is 4.74 Å². The molecule has 3 atom stereocenters. The van der Waals surface area contributed by atoms with Crippen LogP contribution in [0.4, 0.5) is 0 Å². The Morgan fingerprint density at radius 1 is 0.895 bits per heavy atom. The van der Waals surface area contributed by atoms with Crippen LogP contribution >= 0.6 is 0 Å². The molecule has 9 nitrogen and oxygen atoms in total. The van der Waals surface area contributed by atoms with E-state index in [2.05, 4.69) is 20.9 Å². The monoisotopic (exact) mass is 519 g/mol. The summed E-state index contributed by atoms with van der Waals surface area (Å²) in [6, 6.07) is 16.1. The second kappa shape index (κ2) is 13.2. The van der Waals surface area contributed by atoms with E-state index in [1.165, 1.54) is 0 Å². The molecule has 1 aliphatic rings. The lowest BCUT2D eigenvalue weighted by Crippen LogP contribution is -2.55. The van der Waals surface area contributed by atoms with Gasteiger partial charge in [0.2, 0.25) is 17.7 Å². The number of H-pyrrole nitrogens is 1. The molecule has 0 spiro atoms. The van der Waals surface area contributed by atoms with Gasteiger partial charge in [0.1, 0.15) is 12.1 Å². The number of amides is 3. The Bertz CT molecular complexity index is 1220. The topological polar surface area (TPSA) is 116 Å². The van der Waals surface area contributed by atoms with E-state index < -0.39 is 18.0 Å². The number of benzene rings is 2. The molecule has 2 heterocycles. The third kappa shape index (κ3) is 7.66. The molecule has 1 aromatic heterocycles. The molecule has 0 aliphatic carbocycles. The van der Waals surface area contributed by atoms with Gasteiger partial charge in [0.15, 0.2) is 0 Å². The third-order valence-electron chi connectivity index (χ3n) is 6.75. The predicted molar refractivity (Wildman–Crippen MR) is 147 cm³/mol. The van der Waals surface area contributed by atoms with Crippen LogP contribution in [0.15, 0.2) is 60.8 Å². The molecule has 0 bridgehead atoms. The summed E-state index contributed by atoms with van der Waals surface area (Å²) in [7, 11) is 0. The number of nitrogens with one attached hydrogen (secondary N) is 4. The number of morpholine rings is 1. The number of carbonyl (C=O) groups is 3. The number of aromatic nitrogens is 1. The number of fused-ring (bicyclic) bond motifs is 1. The van der Waals surface area contributed by atoms with Crippen molar-refractivity contribution < 1.29 is 19.1 Å². The zero-order valence-electron chi connectivity index (χ0n) is 22.0. The number of carbonyl (C=O) groups excluding carboxylic acids is 3. The van der Waals surface area contributed by atoms with Gasteiger partial charge in [0.05, 0.1) is 19.8 Å². The van der Waals surface area contributed by atoms with Gasteiger partial charge in [-0.1, -0.05) is 48.5 Å². The maximum Gasteiger partial charge on any atom is 0.243 e. The molecule has 4 rings (SSSR count). The molecular formula is C29H37N5O4. The molecule has 2 aromatic carbocycles. The van der Waals surface area contributed by atoms with E-state index >= 15 is 0 Å². The van der Waals surface area contributed by atoms with Crippen LogP contribution in [-0.2, 0) is 32.0 Å². The lowest BCUT2D eigenvalue weighted by atomic mass is 10.0. The fraction of sp³-hybridized carbons (Fsp3) is 0.414. The van der Waals surface area contributed by atoms with Crippen LogP contribution in [0.1, 0.15) is 25.0 Å². The largest absolute Gasteiger partial charge is 0.379 e. The van der Waals surface area contributed by atoms with Crippen molar-refractivity contribution in [3.05, 3.63) is 71.9 Å². The second-order valence-corrected chi connectivity index (χ2v) is 9.90. The molecular weight excluding hydrogens is 482 g/mol. The number of ether oxygens (including phenoxy) is 1. The number of rotatable bonds is 11. The summed E-state index contributed by atoms with van der Waals surface area (Å²) < 4.78 is 5.32. The number of aromatic amines is 1. The Labute approximate surface area is 223 Å². The first-order valence-corrected chi connectivity index (χ1v) is 13.2. The van der Waals surface area contributed by atoms with Gasteiger partial charge in [-0.2, -0.15) is 0 Å². The summed E-state index contributed by atoms with van der Waals surface area (Å²) in [6.07, 6.45) is 2.86. The van der Waals surface area contributed by atoms with Crippen molar-refractivity contribution in [3.63, 3.8) is 0 Å². The van der Waals surface area contributed by atoms with Crippen molar-refractivity contribution in [1.82, 2.24) is 25.8 Å². The minimum atomic E-state index is -0.807. The molecule has 1 fully saturated rings. The summed E-state index contributed by atoms with van der Waals surface area (Å²) in [5.74, 6) is -0.904. The van der Waals surface area contributed by atoms with Crippen LogP contribution in [0.25, 0.3) is 10.9 Å². The molecule has 3 aromatic rings. The molecule has 0 unspecified atom stereocenters. The van der Waals surface area contributed by atoms with Crippen molar-refractivity contribution in [2.24, 2.45) is 0 Å². The van der Waals surface area contributed by atoms with Gasteiger partial charge in [-0.15, -0.1) is 0 Å². The predicted octanol–water partition coefficient (Wildman–Crippen LogP) is 1.78. The minimum Gasteiger partial charge on any atom is -0.379 e. The summed E-state index contributed by atoms with van der Waals surface area (Å²) in [6.45, 7) is 6.34. The summed E-state index contributed by atoms with van der Waals surface area (Å²) in [5, 5.41) is 9.71. The quantitative estimate of drug-likeness (QED) is 0.308. The molecule has 1 aliphatic heterocycles. The first-order valence-electron chi connectivity index (χ1n) is 13.2. The SMILES string of the molecule is C[C@H](Cc1ccccc1)NC(=O)[C@H](Cc1c[nH]c2ccccc12)NC(=O)[C@@H](C)NC(=O)CN1CCOCC1. The highest BCUT2D eigenvalue weighted by atomic mass is 16.5. The van der Waals surface area contributed by atoms with Gasteiger partial charge in [-0.05, 0) is 37.5 Å². The van der Waals surface area contributed by atoms with Gasteiger partial charge in [0, 0.05) is 42.7 Å². The van der Waals surface area contributed by atoms with Gasteiger partial charge in [0.25, 0.3) is 0 Å². The van der Waals surface area contributed by atoms with Crippen molar-refractivity contribution in [1.29, 1.82) is 0 Å². The molecule has 0 radical (unpaired) electrons. The Hall–Kier alpha value is -3.69. The Morgan fingerprint density at radius 2 is 1.61 bits per heavy atom. The zero-order valence-corrected chi connectivity index (χ0v) is 22.0. The average molecular weight is 520 g/mol. The van der Waals surface area contributed by atoms with E-state index in [1.54, 1.807) is 6.92 Å². The van der Waals surface area contributed by atoms with E-state index in [1.807, 2.05) is 72.6 Å². The average Bonchev–Trinajstić information content (AvgIpc) is 3.32. The standard InChI is InChI=1S/C29H37N5O4/c1-20(16-22-8-4-3-5-9-22)31-29(37)26(17-23-18-30-25-11-7-6-10-24(23)25)33-28(36)21(2)32-27(35)19-34-12-14-38-15-13-34/h3-11,18,20-21,26,30H,12-17,19H2,1-2H3,(H,31,37)(H,32,35)(H,33,36)/t20-,21-,26+/m1/s1. The highest BCUT2D eigenvalue weighted by Gasteiger charge is 2.27. The number of hydrogen-bond donors (Lipinski definition) is 4. The van der Waals surface area contributed by atoms with Gasteiger partial charge < -0.3 is 25.7 Å². The normalized spacial score (nSPS) is 16.4. The minimum absolute atomic E-state index is 0.127. The zero-order chi connectivity index (χ0) is 26.9. The van der Waals surface area contributed by atoms with Crippen LogP contribution < -0.4 is 16.0 Å². The van der Waals surface area contributed by atoms with Crippen molar-refractivity contribution in [2.45, 2.75) is 44.8 Å². The fourth-order valence-electron chi connectivity index (χ4n) is 4.70. The third-order valence-corrected chi connectivity index (χ3v) is 6.75. The highest BCUT2D eigenvalue weighted by molar-refractivity contribution is 5.93. The van der Waals surface area contributed by atoms with Gasteiger partial charge >= 0.3 is 0 Å². The van der Waals surface area contributed by atoms with Crippen LogP contribution in [0.5, 0.6) is 0 Å².